The van der Waals surface area contributed by atoms with Crippen LogP contribution in [0.5, 0.6) is 0 Å². The van der Waals surface area contributed by atoms with Gasteiger partial charge >= 0.3 is 0 Å². The van der Waals surface area contributed by atoms with Crippen LogP contribution in [0.15, 0.2) is 78.9 Å². The molecule has 4 rings (SSSR count). The maximum absolute atomic E-state index is 13.6. The van der Waals surface area contributed by atoms with E-state index in [1.54, 1.807) is 30.3 Å². The number of carbonyl (C=O) groups is 2. The molecule has 7 nitrogen and oxygen atoms in total. The van der Waals surface area contributed by atoms with Crippen molar-refractivity contribution in [2.75, 3.05) is 49.1 Å². The second kappa shape index (κ2) is 14.1. The van der Waals surface area contributed by atoms with Crippen molar-refractivity contribution in [3.05, 3.63) is 95.0 Å². The molecular formula is C32H38ClN5O2. The van der Waals surface area contributed by atoms with E-state index in [1.165, 1.54) is 6.08 Å². The molecule has 2 unspecified atom stereocenters. The Labute approximate surface area is 242 Å². The molecule has 0 aliphatic carbocycles. The summed E-state index contributed by atoms with van der Waals surface area (Å²) in [5.74, 6) is -0.677. The minimum absolute atomic E-state index is 0.0586. The molecule has 1 heterocycles. The molecule has 1 aliphatic rings. The van der Waals surface area contributed by atoms with Crippen molar-refractivity contribution in [2.24, 2.45) is 0 Å². The number of benzene rings is 3. The van der Waals surface area contributed by atoms with Crippen molar-refractivity contribution in [3.8, 4) is 0 Å². The average molecular weight is 560 g/mol. The minimum atomic E-state index is -0.353. The number of nitrogens with zero attached hydrogens (tertiary/aromatic N) is 2. The van der Waals surface area contributed by atoms with Crippen molar-refractivity contribution >= 4 is 46.6 Å². The zero-order chi connectivity index (χ0) is 28.5. The van der Waals surface area contributed by atoms with Gasteiger partial charge in [-0.1, -0.05) is 61.8 Å². The van der Waals surface area contributed by atoms with Gasteiger partial charge in [-0.15, -0.1) is 0 Å². The van der Waals surface area contributed by atoms with Crippen molar-refractivity contribution in [2.45, 2.75) is 32.2 Å². The van der Waals surface area contributed by atoms with E-state index in [-0.39, 0.29) is 17.7 Å². The number of rotatable bonds is 11. The van der Waals surface area contributed by atoms with Crippen LogP contribution in [0, 0.1) is 0 Å². The molecule has 4 N–H and O–H groups in total. The number of nitrogens with one attached hydrogen (secondary N) is 2. The number of likely N-dealkylation sites (N-methyl/N-ethyl adjacent to an activating group) is 1. The van der Waals surface area contributed by atoms with E-state index in [0.29, 0.717) is 34.7 Å². The summed E-state index contributed by atoms with van der Waals surface area (Å²) in [6, 6.07) is 22.6. The van der Waals surface area contributed by atoms with Crippen molar-refractivity contribution in [3.63, 3.8) is 0 Å². The van der Waals surface area contributed by atoms with Gasteiger partial charge in [0.15, 0.2) is 0 Å². The van der Waals surface area contributed by atoms with E-state index in [9.17, 15) is 9.59 Å². The van der Waals surface area contributed by atoms with Gasteiger partial charge < -0.3 is 21.3 Å². The lowest BCUT2D eigenvalue weighted by Gasteiger charge is -2.27. The van der Waals surface area contributed by atoms with Crippen LogP contribution in [0.25, 0.3) is 6.08 Å². The van der Waals surface area contributed by atoms with Crippen LogP contribution in [-0.4, -0.2) is 60.4 Å². The molecule has 1 fully saturated rings. The van der Waals surface area contributed by atoms with Gasteiger partial charge in [-0.25, -0.2) is 0 Å². The number of likely N-dealkylation sites (tertiary alicyclic amines) is 1. The van der Waals surface area contributed by atoms with Gasteiger partial charge in [-0.05, 0) is 79.7 Å². The third kappa shape index (κ3) is 7.94. The summed E-state index contributed by atoms with van der Waals surface area (Å²) < 4.78 is 0. The predicted octanol–water partition coefficient (Wildman–Crippen LogP) is 5.71. The fraction of sp³-hybridized carbons (Fsp3) is 0.312. The number of anilines is 3. The molecule has 0 aromatic heterocycles. The van der Waals surface area contributed by atoms with Crippen molar-refractivity contribution in [1.29, 1.82) is 0 Å². The molecule has 3 aromatic rings. The molecule has 0 spiro atoms. The highest BCUT2D eigenvalue weighted by Gasteiger charge is 2.30. The molecule has 0 saturated carbocycles. The number of carbonyl (C=O) groups excluding carboxylic acids is 2. The predicted molar refractivity (Wildman–Crippen MR) is 166 cm³/mol. The van der Waals surface area contributed by atoms with Gasteiger partial charge in [-0.2, -0.15) is 0 Å². The van der Waals surface area contributed by atoms with E-state index < -0.39 is 0 Å². The first-order valence-electron chi connectivity index (χ1n) is 13.8. The Kier molecular flexibility index (Phi) is 10.4. The molecule has 1 aliphatic heterocycles. The molecule has 0 radical (unpaired) electrons. The normalized spacial score (nSPS) is 16.4. The highest BCUT2D eigenvalue weighted by Crippen LogP contribution is 2.25. The van der Waals surface area contributed by atoms with Crippen LogP contribution in [0.3, 0.4) is 0 Å². The molecule has 0 bridgehead atoms. The van der Waals surface area contributed by atoms with Crippen LogP contribution in [0.1, 0.15) is 37.3 Å². The minimum Gasteiger partial charge on any atom is -0.397 e. The Morgan fingerprint density at radius 3 is 2.40 bits per heavy atom. The van der Waals surface area contributed by atoms with Gasteiger partial charge in [-0.3, -0.25) is 14.5 Å². The van der Waals surface area contributed by atoms with Crippen molar-refractivity contribution in [1.82, 2.24) is 9.80 Å². The summed E-state index contributed by atoms with van der Waals surface area (Å²) in [6.07, 6.45) is 4.33. The molecule has 2 atom stereocenters. The lowest BCUT2D eigenvalue weighted by Crippen LogP contribution is -2.39. The van der Waals surface area contributed by atoms with Crippen molar-refractivity contribution < 1.29 is 9.59 Å². The molecule has 8 heteroatoms. The number of para-hydroxylation sites is 2. The summed E-state index contributed by atoms with van der Waals surface area (Å²) >= 11 is 6.03. The van der Waals surface area contributed by atoms with E-state index >= 15 is 0 Å². The fourth-order valence-corrected chi connectivity index (χ4v) is 5.30. The Morgan fingerprint density at radius 2 is 1.73 bits per heavy atom. The quantitative estimate of drug-likeness (QED) is 0.207. The summed E-state index contributed by atoms with van der Waals surface area (Å²) in [6.45, 7) is 9.01. The van der Waals surface area contributed by atoms with Crippen LogP contribution in [-0.2, 0) is 9.59 Å². The maximum Gasteiger partial charge on any atom is 0.248 e. The van der Waals surface area contributed by atoms with Gasteiger partial charge in [0.25, 0.3) is 0 Å². The Balaban J connectivity index is 1.47. The standard InChI is InChI=1S/C32H38ClN5O2/c1-3-38(4-2)27-19-20-37(21-27)22-28(32(40)35-26-16-14-25(33)15-17-26)24-12-9-23(10-13-24)11-18-31(39)36-30-8-6-5-7-29(30)34/h5-18,27-28H,3-4,19-22,34H2,1-2H3,(H,35,40)(H,36,39)/b18-11+. The van der Waals surface area contributed by atoms with E-state index in [1.807, 2.05) is 48.5 Å². The number of hydrogen-bond acceptors (Lipinski definition) is 5. The lowest BCUT2D eigenvalue weighted by atomic mass is 9.96. The summed E-state index contributed by atoms with van der Waals surface area (Å²) in [7, 11) is 0. The van der Waals surface area contributed by atoms with Gasteiger partial charge in [0, 0.05) is 35.9 Å². The maximum atomic E-state index is 13.6. The molecule has 1 saturated heterocycles. The first kappa shape index (κ1) is 29.3. The van der Waals surface area contributed by atoms with Gasteiger partial charge in [0.1, 0.15) is 0 Å². The lowest BCUT2D eigenvalue weighted by molar-refractivity contribution is -0.118. The summed E-state index contributed by atoms with van der Waals surface area (Å²) in [4.78, 5) is 30.8. The van der Waals surface area contributed by atoms with Gasteiger partial charge in [0.2, 0.25) is 11.8 Å². The van der Waals surface area contributed by atoms with E-state index in [4.69, 9.17) is 17.3 Å². The number of halogens is 1. The number of nitrogens with two attached hydrogens (primary N) is 1. The smallest absolute Gasteiger partial charge is 0.248 e. The third-order valence-electron chi connectivity index (χ3n) is 7.43. The second-order valence-electron chi connectivity index (χ2n) is 10.0. The van der Waals surface area contributed by atoms with Gasteiger partial charge in [0.05, 0.1) is 17.3 Å². The fourth-order valence-electron chi connectivity index (χ4n) is 5.17. The molecule has 3 aromatic carbocycles. The third-order valence-corrected chi connectivity index (χ3v) is 7.68. The Hall–Kier alpha value is -3.65. The zero-order valence-corrected chi connectivity index (χ0v) is 23.9. The molecule has 210 valence electrons. The zero-order valence-electron chi connectivity index (χ0n) is 23.1. The highest BCUT2D eigenvalue weighted by molar-refractivity contribution is 6.30. The molecular weight excluding hydrogens is 522 g/mol. The molecule has 40 heavy (non-hydrogen) atoms. The number of hydrogen-bond donors (Lipinski definition) is 3. The monoisotopic (exact) mass is 559 g/mol. The van der Waals surface area contributed by atoms with E-state index in [0.717, 1.165) is 43.7 Å². The largest absolute Gasteiger partial charge is 0.397 e. The van der Waals surface area contributed by atoms with E-state index in [2.05, 4.69) is 34.3 Å². The number of nitrogen functional groups attached to an aromatic ring is 1. The number of amides is 2. The summed E-state index contributed by atoms with van der Waals surface area (Å²) in [5, 5.41) is 6.48. The van der Waals surface area contributed by atoms with Crippen LogP contribution in [0.2, 0.25) is 5.02 Å². The second-order valence-corrected chi connectivity index (χ2v) is 10.5. The Morgan fingerprint density at radius 1 is 1.02 bits per heavy atom. The SMILES string of the molecule is CCN(CC)C1CCN(CC(C(=O)Nc2ccc(Cl)cc2)c2ccc(/C=C/C(=O)Nc3ccccc3N)cc2)C1. The highest BCUT2D eigenvalue weighted by atomic mass is 35.5. The molecule has 2 amide bonds. The van der Waals surface area contributed by atoms with Crippen LogP contribution in [0.4, 0.5) is 17.1 Å². The van der Waals surface area contributed by atoms with Crippen LogP contribution < -0.4 is 16.4 Å². The average Bonchev–Trinajstić information content (AvgIpc) is 3.42. The first-order chi connectivity index (χ1) is 19.4. The first-order valence-corrected chi connectivity index (χ1v) is 14.2. The van der Waals surface area contributed by atoms with Crippen LogP contribution >= 0.6 is 11.6 Å². The Bertz CT molecular complexity index is 1310. The summed E-state index contributed by atoms with van der Waals surface area (Å²) in [5.41, 5.74) is 9.50. The topological polar surface area (TPSA) is 90.7 Å².